The molecule has 15 heavy (non-hydrogen) atoms. The van der Waals surface area contributed by atoms with Gasteiger partial charge in [-0.2, -0.15) is 0 Å². The van der Waals surface area contributed by atoms with Crippen LogP contribution < -0.4 is 5.32 Å². The molecule has 1 N–H and O–H groups in total. The molecule has 1 aliphatic rings. The molecule has 0 bridgehead atoms. The van der Waals surface area contributed by atoms with E-state index in [1.54, 1.807) is 0 Å². The summed E-state index contributed by atoms with van der Waals surface area (Å²) in [5, 5.41) is 3.48. The van der Waals surface area contributed by atoms with Crippen molar-refractivity contribution >= 4 is 5.95 Å². The zero-order valence-corrected chi connectivity index (χ0v) is 9.79. The van der Waals surface area contributed by atoms with Crippen molar-refractivity contribution in [1.29, 1.82) is 0 Å². The van der Waals surface area contributed by atoms with Crippen molar-refractivity contribution in [3.05, 3.63) is 12.4 Å². The van der Waals surface area contributed by atoms with Gasteiger partial charge in [0, 0.05) is 25.5 Å². The fourth-order valence-electron chi connectivity index (χ4n) is 2.22. The van der Waals surface area contributed by atoms with Gasteiger partial charge in [0.1, 0.15) is 0 Å². The Morgan fingerprint density at radius 2 is 2.27 bits per heavy atom. The maximum Gasteiger partial charge on any atom is 0.202 e. The van der Waals surface area contributed by atoms with E-state index in [0.717, 1.165) is 19.0 Å². The van der Waals surface area contributed by atoms with Gasteiger partial charge in [-0.3, -0.25) is 0 Å². The lowest BCUT2D eigenvalue weighted by Crippen LogP contribution is -2.17. The lowest BCUT2D eigenvalue weighted by molar-refractivity contribution is 0.483. The van der Waals surface area contributed by atoms with E-state index in [4.69, 9.17) is 0 Å². The minimum absolute atomic E-state index is 0.596. The molecule has 0 unspecified atom stereocenters. The Balaban J connectivity index is 1.88. The smallest absolute Gasteiger partial charge is 0.202 e. The summed E-state index contributed by atoms with van der Waals surface area (Å²) in [6.07, 6.45) is 9.32. The van der Waals surface area contributed by atoms with Gasteiger partial charge in [-0.05, 0) is 31.6 Å². The molecule has 0 radical (unpaired) electrons. The van der Waals surface area contributed by atoms with Crippen LogP contribution in [0.5, 0.6) is 0 Å². The van der Waals surface area contributed by atoms with Gasteiger partial charge >= 0.3 is 0 Å². The molecule has 0 aromatic carbocycles. The van der Waals surface area contributed by atoms with E-state index >= 15 is 0 Å². The molecule has 0 saturated heterocycles. The molecule has 0 amide bonds. The SMILES string of the molecule is CCCC1(CNc2nccn2CC)CC1. The summed E-state index contributed by atoms with van der Waals surface area (Å²) < 4.78 is 2.15. The molecule has 1 saturated carbocycles. The first-order chi connectivity index (χ1) is 7.29. The van der Waals surface area contributed by atoms with Gasteiger partial charge in [-0.1, -0.05) is 13.3 Å². The van der Waals surface area contributed by atoms with Crippen molar-refractivity contribution in [1.82, 2.24) is 9.55 Å². The minimum Gasteiger partial charge on any atom is -0.355 e. The molecule has 1 aromatic heterocycles. The van der Waals surface area contributed by atoms with E-state index in [0.29, 0.717) is 5.41 Å². The van der Waals surface area contributed by atoms with Crippen LogP contribution in [-0.4, -0.2) is 16.1 Å². The van der Waals surface area contributed by atoms with E-state index in [1.807, 2.05) is 12.4 Å². The third-order valence-corrected chi connectivity index (χ3v) is 3.42. The maximum atomic E-state index is 4.33. The Bertz CT molecular complexity index is 312. The summed E-state index contributed by atoms with van der Waals surface area (Å²) in [4.78, 5) is 4.33. The number of rotatable bonds is 6. The molecule has 1 aromatic rings. The fourth-order valence-corrected chi connectivity index (χ4v) is 2.22. The van der Waals surface area contributed by atoms with Crippen LogP contribution in [0.3, 0.4) is 0 Å². The number of anilines is 1. The summed E-state index contributed by atoms with van der Waals surface area (Å²) in [7, 11) is 0. The molecule has 84 valence electrons. The predicted octanol–water partition coefficient (Wildman–Crippen LogP) is 2.90. The van der Waals surface area contributed by atoms with E-state index in [1.165, 1.54) is 25.7 Å². The number of hydrogen-bond acceptors (Lipinski definition) is 2. The second kappa shape index (κ2) is 4.25. The van der Waals surface area contributed by atoms with Crippen LogP contribution in [0.25, 0.3) is 0 Å². The van der Waals surface area contributed by atoms with Gasteiger partial charge in [0.2, 0.25) is 5.95 Å². The van der Waals surface area contributed by atoms with Gasteiger partial charge in [-0.25, -0.2) is 4.98 Å². The number of aryl methyl sites for hydroxylation is 1. The molecule has 1 aliphatic carbocycles. The van der Waals surface area contributed by atoms with Crippen molar-refractivity contribution in [2.45, 2.75) is 46.1 Å². The third kappa shape index (κ3) is 2.33. The van der Waals surface area contributed by atoms with Crippen molar-refractivity contribution < 1.29 is 0 Å². The average Bonchev–Trinajstić information content (AvgIpc) is 2.86. The summed E-state index contributed by atoms with van der Waals surface area (Å²) >= 11 is 0. The van der Waals surface area contributed by atoms with Gasteiger partial charge < -0.3 is 9.88 Å². The monoisotopic (exact) mass is 207 g/mol. The summed E-state index contributed by atoms with van der Waals surface area (Å²) in [6.45, 7) is 6.50. The number of nitrogens with one attached hydrogen (secondary N) is 1. The van der Waals surface area contributed by atoms with Crippen LogP contribution in [0.2, 0.25) is 0 Å². The quantitative estimate of drug-likeness (QED) is 0.777. The standard InChI is InChI=1S/C12H21N3/c1-3-5-12(6-7-12)10-14-11-13-8-9-15(11)4-2/h8-9H,3-7,10H2,1-2H3,(H,13,14). The van der Waals surface area contributed by atoms with E-state index in [9.17, 15) is 0 Å². The number of aromatic nitrogens is 2. The van der Waals surface area contributed by atoms with Gasteiger partial charge in [-0.15, -0.1) is 0 Å². The molecule has 0 spiro atoms. The first-order valence-electron chi connectivity index (χ1n) is 6.05. The molecule has 3 heteroatoms. The minimum atomic E-state index is 0.596. The first kappa shape index (κ1) is 10.5. The largest absolute Gasteiger partial charge is 0.355 e. The highest BCUT2D eigenvalue weighted by Crippen LogP contribution is 2.49. The summed E-state index contributed by atoms with van der Waals surface area (Å²) in [5.74, 6) is 1.03. The Kier molecular flexibility index (Phi) is 2.98. The van der Waals surface area contributed by atoms with E-state index < -0.39 is 0 Å². The molecule has 1 fully saturated rings. The van der Waals surface area contributed by atoms with Crippen LogP contribution >= 0.6 is 0 Å². The topological polar surface area (TPSA) is 29.9 Å². The molecule has 3 nitrogen and oxygen atoms in total. The maximum absolute atomic E-state index is 4.33. The highest BCUT2D eigenvalue weighted by atomic mass is 15.2. The second-order valence-corrected chi connectivity index (χ2v) is 4.64. The molecule has 0 aliphatic heterocycles. The van der Waals surface area contributed by atoms with Crippen LogP contribution in [0.4, 0.5) is 5.95 Å². The number of imidazole rings is 1. The second-order valence-electron chi connectivity index (χ2n) is 4.64. The Labute approximate surface area is 91.9 Å². The molecule has 2 rings (SSSR count). The fraction of sp³-hybridized carbons (Fsp3) is 0.750. The zero-order chi connectivity index (χ0) is 10.7. The summed E-state index contributed by atoms with van der Waals surface area (Å²) in [6, 6.07) is 0. The number of nitrogens with zero attached hydrogens (tertiary/aromatic N) is 2. The lowest BCUT2D eigenvalue weighted by atomic mass is 10.0. The Morgan fingerprint density at radius 3 is 2.87 bits per heavy atom. The van der Waals surface area contributed by atoms with Crippen LogP contribution in [0.1, 0.15) is 39.5 Å². The van der Waals surface area contributed by atoms with Crippen molar-refractivity contribution in [2.75, 3.05) is 11.9 Å². The van der Waals surface area contributed by atoms with Gasteiger partial charge in [0.15, 0.2) is 0 Å². The lowest BCUT2D eigenvalue weighted by Gasteiger charge is -2.15. The molecular weight excluding hydrogens is 186 g/mol. The Morgan fingerprint density at radius 1 is 1.47 bits per heavy atom. The van der Waals surface area contributed by atoms with Crippen LogP contribution in [0, 0.1) is 5.41 Å². The number of hydrogen-bond donors (Lipinski definition) is 1. The van der Waals surface area contributed by atoms with Crippen molar-refractivity contribution in [2.24, 2.45) is 5.41 Å². The van der Waals surface area contributed by atoms with E-state index in [2.05, 4.69) is 28.7 Å². The van der Waals surface area contributed by atoms with Crippen molar-refractivity contribution in [3.8, 4) is 0 Å². The van der Waals surface area contributed by atoms with Crippen molar-refractivity contribution in [3.63, 3.8) is 0 Å². The zero-order valence-electron chi connectivity index (χ0n) is 9.79. The highest BCUT2D eigenvalue weighted by molar-refractivity contribution is 5.27. The third-order valence-electron chi connectivity index (χ3n) is 3.42. The normalized spacial score (nSPS) is 17.7. The summed E-state index contributed by atoms with van der Waals surface area (Å²) in [5.41, 5.74) is 0.596. The average molecular weight is 207 g/mol. The van der Waals surface area contributed by atoms with Crippen LogP contribution in [-0.2, 0) is 6.54 Å². The van der Waals surface area contributed by atoms with Crippen LogP contribution in [0.15, 0.2) is 12.4 Å². The van der Waals surface area contributed by atoms with Gasteiger partial charge in [0.05, 0.1) is 0 Å². The van der Waals surface area contributed by atoms with Gasteiger partial charge in [0.25, 0.3) is 0 Å². The highest BCUT2D eigenvalue weighted by Gasteiger charge is 2.41. The predicted molar refractivity (Wildman–Crippen MR) is 63.0 cm³/mol. The Hall–Kier alpha value is -0.990. The molecule has 0 atom stereocenters. The first-order valence-corrected chi connectivity index (χ1v) is 6.05. The van der Waals surface area contributed by atoms with E-state index in [-0.39, 0.29) is 0 Å². The molecule has 1 heterocycles. The molecular formula is C12H21N3.